The highest BCUT2D eigenvalue weighted by Gasteiger charge is 2.33. The van der Waals surface area contributed by atoms with E-state index in [0.29, 0.717) is 18.7 Å². The van der Waals surface area contributed by atoms with Gasteiger partial charge in [-0.3, -0.25) is 9.10 Å². The van der Waals surface area contributed by atoms with Crippen molar-refractivity contribution < 1.29 is 13.2 Å². The van der Waals surface area contributed by atoms with Gasteiger partial charge in [-0.05, 0) is 24.1 Å². The van der Waals surface area contributed by atoms with Crippen LogP contribution in [0.15, 0.2) is 60.7 Å². The Morgan fingerprint density at radius 3 is 2.00 bits per heavy atom. The molecule has 1 atom stereocenters. The van der Waals surface area contributed by atoms with Crippen LogP contribution in [0.3, 0.4) is 0 Å². The van der Waals surface area contributed by atoms with Crippen LogP contribution in [0, 0.1) is 0 Å². The second-order valence-corrected chi connectivity index (χ2v) is 7.86. The van der Waals surface area contributed by atoms with Gasteiger partial charge in [0.2, 0.25) is 15.9 Å². The maximum absolute atomic E-state index is 13.0. The van der Waals surface area contributed by atoms with Crippen molar-refractivity contribution in [1.82, 2.24) is 4.90 Å². The number of carbonyl (C=O) groups is 1. The molecule has 0 aliphatic carbocycles. The molecule has 0 fully saturated rings. The fraction of sp³-hybridized carbons (Fsp3) is 0.316. The minimum Gasteiger partial charge on any atom is -0.340 e. The van der Waals surface area contributed by atoms with Crippen LogP contribution in [-0.2, 0) is 21.4 Å². The van der Waals surface area contributed by atoms with Gasteiger partial charge in [0.05, 0.1) is 11.9 Å². The standard InChI is InChI=1S/C19H24N2O3S/c1-4-18(19(22)20(2)15-16-11-7-5-8-12-16)21(25(3,23)24)17-13-9-6-10-14-17/h5-14,18H,4,15H2,1-3H3. The molecule has 1 unspecified atom stereocenters. The number of hydrogen-bond donors (Lipinski definition) is 0. The van der Waals surface area contributed by atoms with E-state index >= 15 is 0 Å². The molecule has 134 valence electrons. The molecule has 0 N–H and O–H groups in total. The number of hydrogen-bond acceptors (Lipinski definition) is 3. The molecule has 0 aromatic heterocycles. The van der Waals surface area contributed by atoms with Crippen LogP contribution in [0.4, 0.5) is 5.69 Å². The average Bonchev–Trinajstić information content (AvgIpc) is 2.59. The van der Waals surface area contributed by atoms with Crippen LogP contribution in [0.25, 0.3) is 0 Å². The summed E-state index contributed by atoms with van der Waals surface area (Å²) in [6.07, 6.45) is 1.52. The third-order valence-electron chi connectivity index (χ3n) is 3.96. The number of rotatable bonds is 7. The van der Waals surface area contributed by atoms with Gasteiger partial charge in [-0.15, -0.1) is 0 Å². The highest BCUT2D eigenvalue weighted by Crippen LogP contribution is 2.23. The number of carbonyl (C=O) groups excluding carboxylic acids is 1. The van der Waals surface area contributed by atoms with Gasteiger partial charge in [-0.2, -0.15) is 0 Å². The number of benzene rings is 2. The molecule has 0 saturated heterocycles. The molecule has 0 saturated carbocycles. The third kappa shape index (κ3) is 4.82. The lowest BCUT2D eigenvalue weighted by molar-refractivity contribution is -0.131. The Hall–Kier alpha value is -2.34. The summed E-state index contributed by atoms with van der Waals surface area (Å²) in [5.41, 5.74) is 1.50. The number of likely N-dealkylation sites (N-methyl/N-ethyl adjacent to an activating group) is 1. The summed E-state index contributed by atoms with van der Waals surface area (Å²) in [4.78, 5) is 14.5. The fourth-order valence-corrected chi connectivity index (χ4v) is 4.01. The first kappa shape index (κ1) is 19.0. The summed E-state index contributed by atoms with van der Waals surface area (Å²) in [5, 5.41) is 0. The van der Waals surface area contributed by atoms with Gasteiger partial charge in [0.25, 0.3) is 0 Å². The Labute approximate surface area is 149 Å². The molecule has 0 aliphatic rings. The predicted octanol–water partition coefficient (Wildman–Crippen LogP) is 2.89. The molecule has 2 aromatic carbocycles. The first-order valence-electron chi connectivity index (χ1n) is 8.18. The lowest BCUT2D eigenvalue weighted by Crippen LogP contribution is -2.49. The Morgan fingerprint density at radius 1 is 1.00 bits per heavy atom. The van der Waals surface area contributed by atoms with Gasteiger partial charge >= 0.3 is 0 Å². The maximum Gasteiger partial charge on any atom is 0.246 e. The van der Waals surface area contributed by atoms with Crippen LogP contribution in [-0.4, -0.2) is 38.6 Å². The summed E-state index contributed by atoms with van der Waals surface area (Å²) >= 11 is 0. The highest BCUT2D eigenvalue weighted by atomic mass is 32.2. The van der Waals surface area contributed by atoms with Gasteiger partial charge in [-0.25, -0.2) is 8.42 Å². The molecule has 5 nitrogen and oxygen atoms in total. The quantitative estimate of drug-likeness (QED) is 0.763. The molecule has 2 aromatic rings. The van der Waals surface area contributed by atoms with Crippen molar-refractivity contribution in [3.05, 3.63) is 66.2 Å². The highest BCUT2D eigenvalue weighted by molar-refractivity contribution is 7.92. The van der Waals surface area contributed by atoms with Crippen molar-refractivity contribution in [3.8, 4) is 0 Å². The first-order chi connectivity index (χ1) is 11.8. The topological polar surface area (TPSA) is 57.7 Å². The van der Waals surface area contributed by atoms with E-state index in [1.807, 2.05) is 43.3 Å². The van der Waals surface area contributed by atoms with Crippen molar-refractivity contribution >= 4 is 21.6 Å². The number of para-hydroxylation sites is 1. The van der Waals surface area contributed by atoms with Gasteiger partial charge in [0.1, 0.15) is 6.04 Å². The molecule has 1 amide bonds. The van der Waals surface area contributed by atoms with E-state index in [1.165, 1.54) is 4.31 Å². The monoisotopic (exact) mass is 360 g/mol. The summed E-state index contributed by atoms with van der Waals surface area (Å²) in [7, 11) is -1.90. The summed E-state index contributed by atoms with van der Waals surface area (Å²) < 4.78 is 26.0. The molecular weight excluding hydrogens is 336 g/mol. The Kier molecular flexibility index (Phi) is 6.20. The Balaban J connectivity index is 2.29. The molecule has 0 aliphatic heterocycles. The number of nitrogens with zero attached hydrogens (tertiary/aromatic N) is 2. The van der Waals surface area contributed by atoms with E-state index in [2.05, 4.69) is 0 Å². The average molecular weight is 360 g/mol. The van der Waals surface area contributed by atoms with Gasteiger partial charge in [0.15, 0.2) is 0 Å². The SMILES string of the molecule is CCC(C(=O)N(C)Cc1ccccc1)N(c1ccccc1)S(C)(=O)=O. The number of anilines is 1. The van der Waals surface area contributed by atoms with E-state index in [-0.39, 0.29) is 5.91 Å². The predicted molar refractivity (Wildman–Crippen MR) is 101 cm³/mol. The second-order valence-electron chi connectivity index (χ2n) is 6.00. The molecule has 0 spiro atoms. The zero-order chi connectivity index (χ0) is 18.4. The zero-order valence-electron chi connectivity index (χ0n) is 14.8. The van der Waals surface area contributed by atoms with Crippen molar-refractivity contribution in [1.29, 1.82) is 0 Å². The van der Waals surface area contributed by atoms with Gasteiger partial charge < -0.3 is 4.90 Å². The third-order valence-corrected chi connectivity index (χ3v) is 5.14. The van der Waals surface area contributed by atoms with Crippen LogP contribution in [0.5, 0.6) is 0 Å². The lowest BCUT2D eigenvalue weighted by atomic mass is 10.1. The molecule has 25 heavy (non-hydrogen) atoms. The lowest BCUT2D eigenvalue weighted by Gasteiger charge is -2.32. The van der Waals surface area contributed by atoms with Crippen molar-refractivity contribution in [3.63, 3.8) is 0 Å². The molecule has 0 bridgehead atoms. The Morgan fingerprint density at radius 2 is 1.52 bits per heavy atom. The molecular formula is C19H24N2O3S. The molecule has 2 rings (SSSR count). The number of amides is 1. The van der Waals surface area contributed by atoms with Crippen LogP contribution < -0.4 is 4.31 Å². The Bertz CT molecular complexity index is 792. The summed E-state index contributed by atoms with van der Waals surface area (Å²) in [6, 6.07) is 17.6. The van der Waals surface area contributed by atoms with Crippen molar-refractivity contribution in [2.24, 2.45) is 0 Å². The zero-order valence-corrected chi connectivity index (χ0v) is 15.6. The first-order valence-corrected chi connectivity index (χ1v) is 10.0. The van der Waals surface area contributed by atoms with E-state index in [0.717, 1.165) is 11.8 Å². The van der Waals surface area contributed by atoms with Crippen molar-refractivity contribution in [2.75, 3.05) is 17.6 Å². The van der Waals surface area contributed by atoms with Crippen molar-refractivity contribution in [2.45, 2.75) is 25.9 Å². The summed E-state index contributed by atoms with van der Waals surface area (Å²) in [5.74, 6) is -0.222. The molecule has 0 radical (unpaired) electrons. The normalized spacial score (nSPS) is 12.4. The second kappa shape index (κ2) is 8.16. The fourth-order valence-electron chi connectivity index (χ4n) is 2.81. The van der Waals surface area contributed by atoms with E-state index in [9.17, 15) is 13.2 Å². The van der Waals surface area contributed by atoms with Crippen LogP contribution in [0.2, 0.25) is 0 Å². The van der Waals surface area contributed by atoms with Gasteiger partial charge in [-0.1, -0.05) is 55.5 Å². The van der Waals surface area contributed by atoms with E-state index in [4.69, 9.17) is 0 Å². The minimum absolute atomic E-state index is 0.222. The van der Waals surface area contributed by atoms with Crippen LogP contribution >= 0.6 is 0 Å². The van der Waals surface area contributed by atoms with E-state index in [1.54, 1.807) is 36.2 Å². The largest absolute Gasteiger partial charge is 0.340 e. The molecule has 6 heteroatoms. The van der Waals surface area contributed by atoms with E-state index < -0.39 is 16.1 Å². The smallest absolute Gasteiger partial charge is 0.246 e. The summed E-state index contributed by atoms with van der Waals surface area (Å²) in [6.45, 7) is 2.25. The van der Waals surface area contributed by atoms with Crippen LogP contribution in [0.1, 0.15) is 18.9 Å². The van der Waals surface area contributed by atoms with Gasteiger partial charge in [0, 0.05) is 13.6 Å². The number of sulfonamides is 1. The maximum atomic E-state index is 13.0. The molecule has 0 heterocycles. The minimum atomic E-state index is -3.59.